The van der Waals surface area contributed by atoms with E-state index in [0.29, 0.717) is 25.4 Å². The lowest BCUT2D eigenvalue weighted by atomic mass is 10.2. The zero-order chi connectivity index (χ0) is 13.5. The Morgan fingerprint density at radius 1 is 1.50 bits per heavy atom. The van der Waals surface area contributed by atoms with Gasteiger partial charge in [0.2, 0.25) is 0 Å². The molecule has 5 nitrogen and oxygen atoms in total. The molecule has 0 aromatic carbocycles. The van der Waals surface area contributed by atoms with Crippen LogP contribution >= 0.6 is 0 Å². The first-order valence-electron chi connectivity index (χ1n) is 6.12. The fraction of sp³-hybridized carbons (Fsp3) is 0.538. The maximum absolute atomic E-state index is 11.0. The van der Waals surface area contributed by atoms with E-state index in [9.17, 15) is 4.79 Å². The van der Waals surface area contributed by atoms with Crippen molar-refractivity contribution in [3.63, 3.8) is 0 Å². The van der Waals surface area contributed by atoms with E-state index < -0.39 is 5.97 Å². The van der Waals surface area contributed by atoms with Crippen LogP contribution in [0.4, 0.5) is 5.82 Å². The van der Waals surface area contributed by atoms with Crippen LogP contribution in [0.1, 0.15) is 36.8 Å². The second-order valence-electron chi connectivity index (χ2n) is 4.24. The highest BCUT2D eigenvalue weighted by Gasteiger charge is 2.07. The SMILES string of the molecule is CCc1cc(C(=O)O)cc(NCCOC(C)C)n1. The van der Waals surface area contributed by atoms with Crippen molar-refractivity contribution in [2.75, 3.05) is 18.5 Å². The number of carboxylic acid groups (broad SMARTS) is 1. The molecule has 0 atom stereocenters. The van der Waals surface area contributed by atoms with Crippen molar-refractivity contribution in [2.45, 2.75) is 33.3 Å². The Balaban J connectivity index is 2.64. The van der Waals surface area contributed by atoms with Gasteiger partial charge in [0.05, 0.1) is 18.3 Å². The van der Waals surface area contributed by atoms with Crippen molar-refractivity contribution in [3.8, 4) is 0 Å². The van der Waals surface area contributed by atoms with Crippen molar-refractivity contribution in [3.05, 3.63) is 23.4 Å². The van der Waals surface area contributed by atoms with Gasteiger partial charge in [-0.25, -0.2) is 9.78 Å². The van der Waals surface area contributed by atoms with Crippen molar-refractivity contribution in [2.24, 2.45) is 0 Å². The van der Waals surface area contributed by atoms with Gasteiger partial charge in [0.1, 0.15) is 5.82 Å². The highest BCUT2D eigenvalue weighted by Crippen LogP contribution is 2.11. The normalized spacial score (nSPS) is 10.7. The number of aromatic nitrogens is 1. The highest BCUT2D eigenvalue weighted by molar-refractivity contribution is 5.88. The highest BCUT2D eigenvalue weighted by atomic mass is 16.5. The Hall–Kier alpha value is -1.62. The summed E-state index contributed by atoms with van der Waals surface area (Å²) in [5.41, 5.74) is 1.02. The zero-order valence-corrected chi connectivity index (χ0v) is 11.1. The van der Waals surface area contributed by atoms with E-state index in [2.05, 4.69) is 10.3 Å². The molecule has 1 aromatic heterocycles. The van der Waals surface area contributed by atoms with Gasteiger partial charge in [-0.05, 0) is 32.4 Å². The van der Waals surface area contributed by atoms with E-state index >= 15 is 0 Å². The van der Waals surface area contributed by atoms with Crippen LogP contribution in [0.5, 0.6) is 0 Å². The van der Waals surface area contributed by atoms with E-state index in [1.54, 1.807) is 6.07 Å². The van der Waals surface area contributed by atoms with Gasteiger partial charge in [0.25, 0.3) is 0 Å². The van der Waals surface area contributed by atoms with Gasteiger partial charge in [-0.1, -0.05) is 6.92 Å². The molecule has 0 amide bonds. The Labute approximate surface area is 107 Å². The van der Waals surface area contributed by atoms with Gasteiger partial charge in [0, 0.05) is 12.2 Å². The summed E-state index contributed by atoms with van der Waals surface area (Å²) in [6, 6.07) is 3.13. The van der Waals surface area contributed by atoms with Crippen molar-refractivity contribution >= 4 is 11.8 Å². The number of anilines is 1. The molecule has 0 aliphatic carbocycles. The van der Waals surface area contributed by atoms with Crippen LogP contribution in [0.15, 0.2) is 12.1 Å². The van der Waals surface area contributed by atoms with Gasteiger partial charge in [-0.3, -0.25) is 0 Å². The first-order valence-corrected chi connectivity index (χ1v) is 6.12. The number of nitrogens with one attached hydrogen (secondary N) is 1. The fourth-order valence-electron chi connectivity index (χ4n) is 1.46. The Kier molecular flexibility index (Phi) is 5.58. The van der Waals surface area contributed by atoms with E-state index in [1.807, 2.05) is 20.8 Å². The first kappa shape index (κ1) is 14.4. The number of aryl methyl sites for hydroxylation is 1. The maximum Gasteiger partial charge on any atom is 0.335 e. The Morgan fingerprint density at radius 3 is 2.78 bits per heavy atom. The average Bonchev–Trinajstić information content (AvgIpc) is 2.34. The molecule has 0 bridgehead atoms. The second kappa shape index (κ2) is 6.96. The lowest BCUT2D eigenvalue weighted by molar-refractivity contribution is 0.0696. The standard InChI is InChI=1S/C13H20N2O3/c1-4-11-7-10(13(16)17)8-12(15-11)14-5-6-18-9(2)3/h7-9H,4-6H2,1-3H3,(H,14,15)(H,16,17). The molecule has 0 saturated heterocycles. The number of carbonyl (C=O) groups is 1. The molecule has 1 rings (SSSR count). The molecular formula is C13H20N2O3. The summed E-state index contributed by atoms with van der Waals surface area (Å²) >= 11 is 0. The minimum atomic E-state index is -0.936. The van der Waals surface area contributed by atoms with Crippen LogP contribution in [0, 0.1) is 0 Å². The summed E-state index contributed by atoms with van der Waals surface area (Å²) in [5.74, 6) is -0.354. The quantitative estimate of drug-likeness (QED) is 0.728. The Morgan fingerprint density at radius 2 is 2.22 bits per heavy atom. The number of carboxylic acids is 1. The van der Waals surface area contributed by atoms with Crippen LogP contribution in [0.25, 0.3) is 0 Å². The van der Waals surface area contributed by atoms with Gasteiger partial charge < -0.3 is 15.2 Å². The van der Waals surface area contributed by atoms with E-state index in [-0.39, 0.29) is 11.7 Å². The van der Waals surface area contributed by atoms with Gasteiger partial charge in [-0.15, -0.1) is 0 Å². The monoisotopic (exact) mass is 252 g/mol. The third kappa shape index (κ3) is 4.71. The number of pyridine rings is 1. The van der Waals surface area contributed by atoms with Crippen LogP contribution in [0.3, 0.4) is 0 Å². The maximum atomic E-state index is 11.0. The number of hydrogen-bond acceptors (Lipinski definition) is 4. The molecule has 0 fully saturated rings. The average molecular weight is 252 g/mol. The molecule has 0 aliphatic rings. The largest absolute Gasteiger partial charge is 0.478 e. The van der Waals surface area contributed by atoms with E-state index in [4.69, 9.17) is 9.84 Å². The predicted octanol–water partition coefficient (Wildman–Crippen LogP) is 2.18. The molecule has 2 N–H and O–H groups in total. The number of aromatic carboxylic acids is 1. The lowest BCUT2D eigenvalue weighted by Gasteiger charge is -2.10. The molecule has 0 saturated carbocycles. The minimum absolute atomic E-state index is 0.191. The first-order chi connectivity index (χ1) is 8.52. The number of hydrogen-bond donors (Lipinski definition) is 2. The van der Waals surface area contributed by atoms with E-state index in [1.165, 1.54) is 6.07 Å². The van der Waals surface area contributed by atoms with Crippen molar-refractivity contribution < 1.29 is 14.6 Å². The van der Waals surface area contributed by atoms with Crippen LogP contribution in [-0.2, 0) is 11.2 Å². The fourth-order valence-corrected chi connectivity index (χ4v) is 1.46. The summed E-state index contributed by atoms with van der Waals surface area (Å²) in [6.45, 7) is 7.06. The number of rotatable bonds is 7. The summed E-state index contributed by atoms with van der Waals surface area (Å²) in [4.78, 5) is 15.3. The number of ether oxygens (including phenoxy) is 1. The molecule has 18 heavy (non-hydrogen) atoms. The smallest absolute Gasteiger partial charge is 0.335 e. The molecule has 0 unspecified atom stereocenters. The molecule has 0 spiro atoms. The predicted molar refractivity (Wildman–Crippen MR) is 70.2 cm³/mol. The molecule has 1 aromatic rings. The summed E-state index contributed by atoms with van der Waals surface area (Å²) in [7, 11) is 0. The third-order valence-corrected chi connectivity index (χ3v) is 2.35. The van der Waals surface area contributed by atoms with Crippen LogP contribution < -0.4 is 5.32 Å². The molecule has 100 valence electrons. The third-order valence-electron chi connectivity index (χ3n) is 2.35. The van der Waals surface area contributed by atoms with Gasteiger partial charge in [-0.2, -0.15) is 0 Å². The summed E-state index contributed by atoms with van der Waals surface area (Å²) in [5, 5.41) is 12.1. The van der Waals surface area contributed by atoms with Crippen molar-refractivity contribution in [1.29, 1.82) is 0 Å². The molecule has 0 aliphatic heterocycles. The summed E-state index contributed by atoms with van der Waals surface area (Å²) in [6.07, 6.45) is 0.898. The number of nitrogens with zero attached hydrogens (tertiary/aromatic N) is 1. The van der Waals surface area contributed by atoms with E-state index in [0.717, 1.165) is 5.69 Å². The van der Waals surface area contributed by atoms with Gasteiger partial charge >= 0.3 is 5.97 Å². The summed E-state index contributed by atoms with van der Waals surface area (Å²) < 4.78 is 5.39. The molecule has 0 radical (unpaired) electrons. The topological polar surface area (TPSA) is 71.5 Å². The zero-order valence-electron chi connectivity index (χ0n) is 11.1. The van der Waals surface area contributed by atoms with Gasteiger partial charge in [0.15, 0.2) is 0 Å². The minimum Gasteiger partial charge on any atom is -0.478 e. The molecule has 1 heterocycles. The Bertz CT molecular complexity index is 405. The van der Waals surface area contributed by atoms with Crippen LogP contribution in [0.2, 0.25) is 0 Å². The second-order valence-corrected chi connectivity index (χ2v) is 4.24. The van der Waals surface area contributed by atoms with Crippen LogP contribution in [-0.4, -0.2) is 35.3 Å². The lowest BCUT2D eigenvalue weighted by Crippen LogP contribution is -2.14. The van der Waals surface area contributed by atoms with Crippen molar-refractivity contribution in [1.82, 2.24) is 4.98 Å². The molecule has 5 heteroatoms. The molecular weight excluding hydrogens is 232 g/mol.